The Bertz CT molecular complexity index is 880. The summed E-state index contributed by atoms with van der Waals surface area (Å²) in [4.78, 5) is 0. The summed E-state index contributed by atoms with van der Waals surface area (Å²) in [5.41, 5.74) is 6.94. The molecular weight excluding hydrogens is 298 g/mol. The smallest absolute Gasteiger partial charge is 0.147 e. The largest absolute Gasteiger partial charge is 0.494 e. The highest BCUT2D eigenvalue weighted by Crippen LogP contribution is 2.39. The normalized spacial score (nSPS) is 15.4. The molecule has 1 atom stereocenters. The van der Waals surface area contributed by atoms with Crippen molar-refractivity contribution in [1.29, 1.82) is 0 Å². The molecule has 4 heteroatoms. The van der Waals surface area contributed by atoms with Crippen LogP contribution in [0.3, 0.4) is 0 Å². The van der Waals surface area contributed by atoms with Gasteiger partial charge in [-0.25, -0.2) is 4.68 Å². The average molecular weight is 319 g/mol. The third-order valence-corrected chi connectivity index (χ3v) is 4.35. The van der Waals surface area contributed by atoms with E-state index in [1.54, 1.807) is 0 Å². The maximum absolute atomic E-state index is 5.55. The molecular formula is C20H21N3O. The second-order valence-electron chi connectivity index (χ2n) is 6.21. The molecule has 0 fully saturated rings. The number of nitrogens with zero attached hydrogens (tertiary/aromatic N) is 2. The van der Waals surface area contributed by atoms with Crippen LogP contribution >= 0.6 is 0 Å². The molecule has 1 aromatic heterocycles. The van der Waals surface area contributed by atoms with E-state index in [4.69, 9.17) is 9.84 Å². The van der Waals surface area contributed by atoms with Crippen LogP contribution in [-0.4, -0.2) is 16.4 Å². The van der Waals surface area contributed by atoms with E-state index < -0.39 is 0 Å². The average Bonchev–Trinajstić information content (AvgIpc) is 2.97. The minimum absolute atomic E-state index is 0.0143. The van der Waals surface area contributed by atoms with Gasteiger partial charge in [0.1, 0.15) is 11.9 Å². The summed E-state index contributed by atoms with van der Waals surface area (Å²) in [5, 5.41) is 8.34. The number of nitrogens with one attached hydrogen (secondary N) is 1. The molecule has 4 nitrogen and oxygen atoms in total. The second-order valence-corrected chi connectivity index (χ2v) is 6.21. The predicted molar refractivity (Wildman–Crippen MR) is 96.5 cm³/mol. The fourth-order valence-corrected chi connectivity index (χ4v) is 3.26. The fourth-order valence-electron chi connectivity index (χ4n) is 3.26. The van der Waals surface area contributed by atoms with Crippen LogP contribution in [0.15, 0.2) is 48.5 Å². The molecule has 1 aliphatic heterocycles. The standard InChI is InChI=1S/C20H21N3O/c1-4-24-16-8-6-15(7-9-16)20-21-18-10-5-13(2)11-17(18)19-12-14(3)22-23(19)20/h5-12,20-21H,4H2,1-3H3/t20-/m1/s1. The molecule has 2 heterocycles. The summed E-state index contributed by atoms with van der Waals surface area (Å²) in [6.45, 7) is 6.83. The van der Waals surface area contributed by atoms with Crippen molar-refractivity contribution in [3.8, 4) is 17.0 Å². The van der Waals surface area contributed by atoms with E-state index in [9.17, 15) is 0 Å². The first-order valence-electron chi connectivity index (χ1n) is 8.32. The number of anilines is 1. The Hall–Kier alpha value is -2.75. The van der Waals surface area contributed by atoms with Gasteiger partial charge in [0.15, 0.2) is 0 Å². The number of aryl methyl sites for hydroxylation is 2. The first-order chi connectivity index (χ1) is 11.7. The van der Waals surface area contributed by atoms with E-state index >= 15 is 0 Å². The highest BCUT2D eigenvalue weighted by atomic mass is 16.5. The Kier molecular flexibility index (Phi) is 3.53. The van der Waals surface area contributed by atoms with Crippen LogP contribution in [-0.2, 0) is 0 Å². The van der Waals surface area contributed by atoms with Crippen LogP contribution in [0.1, 0.15) is 29.9 Å². The van der Waals surface area contributed by atoms with Gasteiger partial charge in [-0.3, -0.25) is 0 Å². The summed E-state index contributed by atoms with van der Waals surface area (Å²) >= 11 is 0. The molecule has 0 unspecified atom stereocenters. The quantitative estimate of drug-likeness (QED) is 0.770. The van der Waals surface area contributed by atoms with Gasteiger partial charge in [0.25, 0.3) is 0 Å². The lowest BCUT2D eigenvalue weighted by molar-refractivity contribution is 0.340. The van der Waals surface area contributed by atoms with Gasteiger partial charge in [0, 0.05) is 11.3 Å². The van der Waals surface area contributed by atoms with Gasteiger partial charge in [0.2, 0.25) is 0 Å². The SMILES string of the molecule is CCOc1ccc([C@@H]2Nc3ccc(C)cc3-c3cc(C)nn32)cc1. The highest BCUT2D eigenvalue weighted by molar-refractivity contribution is 5.79. The molecule has 1 N–H and O–H groups in total. The summed E-state index contributed by atoms with van der Waals surface area (Å²) in [7, 11) is 0. The van der Waals surface area contributed by atoms with Crippen molar-refractivity contribution in [3.05, 3.63) is 65.4 Å². The van der Waals surface area contributed by atoms with E-state index in [1.165, 1.54) is 11.1 Å². The van der Waals surface area contributed by atoms with Crippen molar-refractivity contribution in [1.82, 2.24) is 9.78 Å². The Morgan fingerprint density at radius 3 is 2.62 bits per heavy atom. The van der Waals surface area contributed by atoms with Gasteiger partial charge in [-0.2, -0.15) is 5.10 Å². The fraction of sp³-hybridized carbons (Fsp3) is 0.250. The number of benzene rings is 2. The van der Waals surface area contributed by atoms with Gasteiger partial charge >= 0.3 is 0 Å². The van der Waals surface area contributed by atoms with E-state index in [-0.39, 0.29) is 6.17 Å². The second kappa shape index (κ2) is 5.71. The zero-order valence-corrected chi connectivity index (χ0v) is 14.2. The summed E-state index contributed by atoms with van der Waals surface area (Å²) in [5.74, 6) is 0.893. The molecule has 0 saturated carbocycles. The molecule has 2 aromatic carbocycles. The summed E-state index contributed by atoms with van der Waals surface area (Å²) in [6, 6.07) is 16.9. The van der Waals surface area contributed by atoms with Gasteiger partial charge in [-0.15, -0.1) is 0 Å². The van der Waals surface area contributed by atoms with Crippen LogP contribution < -0.4 is 10.1 Å². The lowest BCUT2D eigenvalue weighted by Gasteiger charge is -2.29. The zero-order valence-electron chi connectivity index (χ0n) is 14.2. The number of hydrogen-bond acceptors (Lipinski definition) is 3. The van der Waals surface area contributed by atoms with E-state index in [1.807, 2.05) is 26.0 Å². The molecule has 0 spiro atoms. The number of rotatable bonds is 3. The maximum Gasteiger partial charge on any atom is 0.147 e. The van der Waals surface area contributed by atoms with Gasteiger partial charge in [-0.1, -0.05) is 23.8 Å². The van der Waals surface area contributed by atoms with Crippen LogP contribution in [0.25, 0.3) is 11.3 Å². The molecule has 0 saturated heterocycles. The molecule has 0 bridgehead atoms. The number of fused-ring (bicyclic) bond motifs is 3. The molecule has 24 heavy (non-hydrogen) atoms. The van der Waals surface area contributed by atoms with Crippen molar-refractivity contribution in [2.24, 2.45) is 0 Å². The van der Waals surface area contributed by atoms with Crippen LogP contribution in [0.5, 0.6) is 5.75 Å². The van der Waals surface area contributed by atoms with E-state index in [2.05, 4.69) is 53.3 Å². The molecule has 1 aliphatic rings. The van der Waals surface area contributed by atoms with Crippen LogP contribution in [0.4, 0.5) is 5.69 Å². The maximum atomic E-state index is 5.55. The number of aromatic nitrogens is 2. The van der Waals surface area contributed by atoms with Crippen molar-refractivity contribution in [2.45, 2.75) is 26.9 Å². The molecule has 3 aromatic rings. The topological polar surface area (TPSA) is 39.1 Å². The lowest BCUT2D eigenvalue weighted by Crippen LogP contribution is -2.25. The minimum Gasteiger partial charge on any atom is -0.494 e. The molecule has 0 aliphatic carbocycles. The van der Waals surface area contributed by atoms with Crippen LogP contribution in [0.2, 0.25) is 0 Å². The Labute approximate surface area is 142 Å². The molecule has 122 valence electrons. The Morgan fingerprint density at radius 2 is 1.88 bits per heavy atom. The number of ether oxygens (including phenoxy) is 1. The molecule has 0 amide bonds. The third kappa shape index (κ3) is 2.44. The predicted octanol–water partition coefficient (Wildman–Crippen LogP) is 4.54. The zero-order chi connectivity index (χ0) is 16.7. The first-order valence-corrected chi connectivity index (χ1v) is 8.32. The third-order valence-electron chi connectivity index (χ3n) is 4.35. The Balaban J connectivity index is 1.79. The van der Waals surface area contributed by atoms with E-state index in [0.717, 1.165) is 28.4 Å². The van der Waals surface area contributed by atoms with Crippen molar-refractivity contribution in [2.75, 3.05) is 11.9 Å². The molecule has 4 rings (SSSR count). The molecule has 0 radical (unpaired) electrons. The van der Waals surface area contributed by atoms with Crippen LogP contribution in [0, 0.1) is 13.8 Å². The highest BCUT2D eigenvalue weighted by Gasteiger charge is 2.26. The first kappa shape index (κ1) is 14.8. The van der Waals surface area contributed by atoms with Crippen molar-refractivity contribution in [3.63, 3.8) is 0 Å². The summed E-state index contributed by atoms with van der Waals surface area (Å²) in [6.07, 6.45) is -0.0143. The summed E-state index contributed by atoms with van der Waals surface area (Å²) < 4.78 is 7.62. The van der Waals surface area contributed by atoms with E-state index in [0.29, 0.717) is 6.61 Å². The van der Waals surface area contributed by atoms with Gasteiger partial charge in [-0.05, 0) is 56.7 Å². The van der Waals surface area contributed by atoms with Crippen molar-refractivity contribution >= 4 is 5.69 Å². The monoisotopic (exact) mass is 319 g/mol. The lowest BCUT2D eigenvalue weighted by atomic mass is 10.0. The minimum atomic E-state index is -0.0143. The number of hydrogen-bond donors (Lipinski definition) is 1. The van der Waals surface area contributed by atoms with Gasteiger partial charge < -0.3 is 10.1 Å². The Morgan fingerprint density at radius 1 is 1.08 bits per heavy atom. The van der Waals surface area contributed by atoms with Crippen molar-refractivity contribution < 1.29 is 4.74 Å². The van der Waals surface area contributed by atoms with Gasteiger partial charge in [0.05, 0.1) is 18.0 Å².